The first-order chi connectivity index (χ1) is 10.6. The summed E-state index contributed by atoms with van der Waals surface area (Å²) in [4.78, 5) is 12.0. The number of amides is 1. The molecular weight excluding hydrogens is 281 g/mol. The van der Waals surface area contributed by atoms with Gasteiger partial charge in [-0.3, -0.25) is 4.79 Å². The molecule has 0 aliphatic heterocycles. The normalized spacial score (nSPS) is 10.3. The molecule has 4 heteroatoms. The van der Waals surface area contributed by atoms with E-state index in [4.69, 9.17) is 4.74 Å². The third-order valence-electron chi connectivity index (χ3n) is 3.36. The lowest BCUT2D eigenvalue weighted by molar-refractivity contribution is -0.116. The number of halogens is 1. The largest absolute Gasteiger partial charge is 0.493 e. The summed E-state index contributed by atoms with van der Waals surface area (Å²) in [6.07, 6.45) is 0.941. The van der Waals surface area contributed by atoms with E-state index in [1.165, 1.54) is 12.1 Å². The lowest BCUT2D eigenvalue weighted by atomic mass is 10.1. The van der Waals surface area contributed by atoms with Crippen molar-refractivity contribution in [2.75, 3.05) is 11.9 Å². The standard InChI is InChI=1S/C18H20FNO2/c1-13-6-3-7-14(2)18(13)20-17(21)10-5-11-22-16-9-4-8-15(19)12-16/h3-4,6-9,12H,5,10-11H2,1-2H3,(H,20,21). The van der Waals surface area contributed by atoms with Crippen molar-refractivity contribution < 1.29 is 13.9 Å². The van der Waals surface area contributed by atoms with Gasteiger partial charge in [-0.05, 0) is 43.5 Å². The van der Waals surface area contributed by atoms with Gasteiger partial charge in [0.15, 0.2) is 0 Å². The molecule has 0 aliphatic carbocycles. The van der Waals surface area contributed by atoms with Crippen molar-refractivity contribution in [2.24, 2.45) is 0 Å². The predicted octanol–water partition coefficient (Wildman–Crippen LogP) is 4.24. The average Bonchev–Trinajstić information content (AvgIpc) is 2.48. The lowest BCUT2D eigenvalue weighted by Gasteiger charge is -2.11. The maximum atomic E-state index is 13.0. The van der Waals surface area contributed by atoms with E-state index >= 15 is 0 Å². The van der Waals surface area contributed by atoms with Gasteiger partial charge in [0.1, 0.15) is 11.6 Å². The highest BCUT2D eigenvalue weighted by Crippen LogP contribution is 2.19. The van der Waals surface area contributed by atoms with Crippen molar-refractivity contribution in [2.45, 2.75) is 26.7 Å². The van der Waals surface area contributed by atoms with Crippen LogP contribution in [0.2, 0.25) is 0 Å². The Morgan fingerprint density at radius 1 is 1.14 bits per heavy atom. The summed E-state index contributed by atoms with van der Waals surface area (Å²) < 4.78 is 18.4. The second-order valence-corrected chi connectivity index (χ2v) is 5.22. The number of benzene rings is 2. The minimum atomic E-state index is -0.328. The summed E-state index contributed by atoms with van der Waals surface area (Å²) >= 11 is 0. The average molecular weight is 301 g/mol. The first-order valence-electron chi connectivity index (χ1n) is 7.30. The van der Waals surface area contributed by atoms with Gasteiger partial charge >= 0.3 is 0 Å². The number of hydrogen-bond acceptors (Lipinski definition) is 2. The highest BCUT2D eigenvalue weighted by atomic mass is 19.1. The van der Waals surface area contributed by atoms with Crippen molar-refractivity contribution >= 4 is 11.6 Å². The molecule has 0 aliphatic rings. The van der Waals surface area contributed by atoms with E-state index in [-0.39, 0.29) is 11.7 Å². The van der Waals surface area contributed by atoms with Crippen LogP contribution < -0.4 is 10.1 Å². The first-order valence-corrected chi connectivity index (χ1v) is 7.30. The molecule has 3 nitrogen and oxygen atoms in total. The third kappa shape index (κ3) is 4.58. The zero-order valence-corrected chi connectivity index (χ0v) is 12.9. The smallest absolute Gasteiger partial charge is 0.224 e. The van der Waals surface area contributed by atoms with Gasteiger partial charge in [-0.15, -0.1) is 0 Å². The third-order valence-corrected chi connectivity index (χ3v) is 3.36. The summed E-state index contributed by atoms with van der Waals surface area (Å²) in [5, 5.41) is 2.93. The van der Waals surface area contributed by atoms with Crippen LogP contribution in [0.25, 0.3) is 0 Å². The number of hydrogen-bond donors (Lipinski definition) is 1. The van der Waals surface area contributed by atoms with Crippen LogP contribution in [0.4, 0.5) is 10.1 Å². The molecule has 0 radical (unpaired) electrons. The Kier molecular flexibility index (Phi) is 5.53. The van der Waals surface area contributed by atoms with E-state index in [1.807, 2.05) is 32.0 Å². The quantitative estimate of drug-likeness (QED) is 0.810. The van der Waals surface area contributed by atoms with E-state index in [2.05, 4.69) is 5.32 Å². The molecule has 2 aromatic carbocycles. The summed E-state index contributed by atoms with van der Waals surface area (Å²) in [6.45, 7) is 4.31. The van der Waals surface area contributed by atoms with Gasteiger partial charge in [0, 0.05) is 18.2 Å². The van der Waals surface area contributed by atoms with Crippen LogP contribution in [-0.4, -0.2) is 12.5 Å². The molecule has 0 atom stereocenters. The number of anilines is 1. The number of nitrogens with one attached hydrogen (secondary N) is 1. The Balaban J connectivity index is 1.76. The number of para-hydroxylation sites is 1. The van der Waals surface area contributed by atoms with Crippen LogP contribution >= 0.6 is 0 Å². The Labute approximate surface area is 130 Å². The number of rotatable bonds is 6. The van der Waals surface area contributed by atoms with Gasteiger partial charge in [0.05, 0.1) is 6.61 Å². The van der Waals surface area contributed by atoms with Crippen LogP contribution in [0.15, 0.2) is 42.5 Å². The van der Waals surface area contributed by atoms with Crippen molar-refractivity contribution in [3.63, 3.8) is 0 Å². The van der Waals surface area contributed by atoms with E-state index in [0.717, 1.165) is 16.8 Å². The van der Waals surface area contributed by atoms with Crippen LogP contribution in [0.3, 0.4) is 0 Å². The second-order valence-electron chi connectivity index (χ2n) is 5.22. The first kappa shape index (κ1) is 16.0. The second kappa shape index (κ2) is 7.59. The number of ether oxygens (including phenoxy) is 1. The molecular formula is C18H20FNO2. The van der Waals surface area contributed by atoms with Gasteiger partial charge in [-0.2, -0.15) is 0 Å². The van der Waals surface area contributed by atoms with Crippen LogP contribution in [0, 0.1) is 19.7 Å². The fourth-order valence-electron chi connectivity index (χ4n) is 2.19. The number of carbonyl (C=O) groups excluding carboxylic acids is 1. The molecule has 2 rings (SSSR count). The molecule has 0 bridgehead atoms. The van der Waals surface area contributed by atoms with Gasteiger partial charge in [0.25, 0.3) is 0 Å². The van der Waals surface area contributed by atoms with Crippen molar-refractivity contribution in [3.05, 3.63) is 59.4 Å². The minimum absolute atomic E-state index is 0.0414. The summed E-state index contributed by atoms with van der Waals surface area (Å²) in [5.41, 5.74) is 2.97. The molecule has 0 saturated heterocycles. The summed E-state index contributed by atoms with van der Waals surface area (Å²) in [7, 11) is 0. The highest BCUT2D eigenvalue weighted by Gasteiger charge is 2.07. The Hall–Kier alpha value is -2.36. The topological polar surface area (TPSA) is 38.3 Å². The highest BCUT2D eigenvalue weighted by molar-refractivity contribution is 5.92. The molecule has 0 fully saturated rings. The van der Waals surface area contributed by atoms with Crippen molar-refractivity contribution in [3.8, 4) is 5.75 Å². The van der Waals surface area contributed by atoms with E-state index in [1.54, 1.807) is 12.1 Å². The molecule has 1 amide bonds. The molecule has 22 heavy (non-hydrogen) atoms. The fraction of sp³-hybridized carbons (Fsp3) is 0.278. The lowest BCUT2D eigenvalue weighted by Crippen LogP contribution is -2.14. The van der Waals surface area contributed by atoms with Crippen LogP contribution in [-0.2, 0) is 4.79 Å². The van der Waals surface area contributed by atoms with Gasteiger partial charge in [-0.1, -0.05) is 24.3 Å². The molecule has 0 spiro atoms. The molecule has 0 unspecified atom stereocenters. The molecule has 2 aromatic rings. The summed E-state index contributed by atoms with van der Waals surface area (Å²) in [6, 6.07) is 11.9. The number of aryl methyl sites for hydroxylation is 2. The summed E-state index contributed by atoms with van der Waals surface area (Å²) in [5.74, 6) is 0.112. The van der Waals surface area contributed by atoms with Crippen molar-refractivity contribution in [1.29, 1.82) is 0 Å². The van der Waals surface area contributed by atoms with Crippen LogP contribution in [0.5, 0.6) is 5.75 Å². The maximum absolute atomic E-state index is 13.0. The molecule has 0 aromatic heterocycles. The molecule has 116 valence electrons. The Morgan fingerprint density at radius 2 is 1.82 bits per heavy atom. The predicted molar refractivity (Wildman–Crippen MR) is 85.7 cm³/mol. The minimum Gasteiger partial charge on any atom is -0.493 e. The van der Waals surface area contributed by atoms with Gasteiger partial charge in [0.2, 0.25) is 5.91 Å². The van der Waals surface area contributed by atoms with Gasteiger partial charge < -0.3 is 10.1 Å². The monoisotopic (exact) mass is 301 g/mol. The molecule has 0 heterocycles. The Bertz CT molecular complexity index is 635. The van der Waals surface area contributed by atoms with E-state index in [0.29, 0.717) is 25.2 Å². The van der Waals surface area contributed by atoms with E-state index in [9.17, 15) is 9.18 Å². The SMILES string of the molecule is Cc1cccc(C)c1NC(=O)CCCOc1cccc(F)c1. The zero-order valence-electron chi connectivity index (χ0n) is 12.9. The molecule has 1 N–H and O–H groups in total. The molecule has 0 saturated carbocycles. The van der Waals surface area contributed by atoms with Crippen molar-refractivity contribution in [1.82, 2.24) is 0 Å². The Morgan fingerprint density at radius 3 is 2.50 bits per heavy atom. The zero-order chi connectivity index (χ0) is 15.9. The van der Waals surface area contributed by atoms with Crippen LogP contribution in [0.1, 0.15) is 24.0 Å². The van der Waals surface area contributed by atoms with E-state index < -0.39 is 0 Å². The fourth-order valence-corrected chi connectivity index (χ4v) is 2.19. The number of carbonyl (C=O) groups is 1. The maximum Gasteiger partial charge on any atom is 0.224 e. The van der Waals surface area contributed by atoms with Gasteiger partial charge in [-0.25, -0.2) is 4.39 Å².